The molecule has 4 nitrogen and oxygen atoms in total. The highest BCUT2D eigenvalue weighted by atomic mass is 14.7. The van der Waals surface area contributed by atoms with E-state index in [9.17, 15) is 0 Å². The van der Waals surface area contributed by atoms with Crippen LogP contribution in [-0.2, 0) is 0 Å². The van der Waals surface area contributed by atoms with Crippen LogP contribution in [0.3, 0.4) is 0 Å². The second kappa shape index (κ2) is 4.43. The van der Waals surface area contributed by atoms with Crippen molar-refractivity contribution in [1.29, 1.82) is 5.41 Å². The number of hydrogen-bond acceptors (Lipinski definition) is 4. The quantitative estimate of drug-likeness (QED) is 0.359. The summed E-state index contributed by atoms with van der Waals surface area (Å²) in [4.78, 5) is 0. The number of nitrogens with one attached hydrogen (secondary N) is 1. The summed E-state index contributed by atoms with van der Waals surface area (Å²) in [7, 11) is 0. The predicted molar refractivity (Wildman–Crippen MR) is 51.3 cm³/mol. The van der Waals surface area contributed by atoms with Gasteiger partial charge in [-0.3, -0.25) is 0 Å². The highest BCUT2D eigenvalue weighted by molar-refractivity contribution is 5.76. The van der Waals surface area contributed by atoms with Gasteiger partial charge in [-0.2, -0.15) is 0 Å². The fourth-order valence-corrected chi connectivity index (χ4v) is 0.513. The zero-order valence-electron chi connectivity index (χ0n) is 7.46. The summed E-state index contributed by atoms with van der Waals surface area (Å²) in [6.07, 6.45) is 2.59. The van der Waals surface area contributed by atoms with E-state index in [0.29, 0.717) is 11.4 Å². The third kappa shape index (κ3) is 3.09. The van der Waals surface area contributed by atoms with Gasteiger partial charge in [-0.1, -0.05) is 13.8 Å². The molecule has 0 aromatic carbocycles. The Bertz CT molecular complexity index is 225. The van der Waals surface area contributed by atoms with Gasteiger partial charge in [0.25, 0.3) is 0 Å². The summed E-state index contributed by atoms with van der Waals surface area (Å²) >= 11 is 0. The van der Waals surface area contributed by atoms with E-state index < -0.39 is 0 Å². The molecule has 0 heterocycles. The molecule has 0 atom stereocenters. The topological polar surface area (TPSA) is 102 Å². The van der Waals surface area contributed by atoms with Gasteiger partial charge in [0, 0.05) is 11.9 Å². The number of nitrogens with two attached hydrogens (primary N) is 3. The van der Waals surface area contributed by atoms with Crippen LogP contribution in [0.4, 0.5) is 0 Å². The molecule has 0 aromatic heterocycles. The van der Waals surface area contributed by atoms with Gasteiger partial charge in [-0.25, -0.2) is 0 Å². The molecule has 0 saturated heterocycles. The van der Waals surface area contributed by atoms with E-state index in [1.807, 2.05) is 13.8 Å². The van der Waals surface area contributed by atoms with E-state index in [1.54, 1.807) is 6.08 Å². The van der Waals surface area contributed by atoms with Crippen LogP contribution in [0.25, 0.3) is 0 Å². The molecule has 0 amide bonds. The Morgan fingerprint density at radius 2 is 1.67 bits per heavy atom. The number of hydrogen-bond donors (Lipinski definition) is 4. The molecule has 0 unspecified atom stereocenters. The Kier molecular flexibility index (Phi) is 3.90. The Morgan fingerprint density at radius 1 is 1.17 bits per heavy atom. The maximum Gasteiger partial charge on any atom is 0.0727 e. The highest BCUT2D eigenvalue weighted by Gasteiger charge is 1.98. The van der Waals surface area contributed by atoms with Gasteiger partial charge in [-0.15, -0.1) is 0 Å². The standard InChI is InChI=1S/C8H16N4/c1-5(2)6(10)3-7(11)8(12)4-9/h3-5,9H,10-12H2,1-2H3/b6-3-,8-7+,9-4?. The van der Waals surface area contributed by atoms with Crippen molar-refractivity contribution in [3.8, 4) is 0 Å². The van der Waals surface area contributed by atoms with Crippen molar-refractivity contribution >= 4 is 6.21 Å². The lowest BCUT2D eigenvalue weighted by Gasteiger charge is -2.05. The molecule has 12 heavy (non-hydrogen) atoms. The molecular weight excluding hydrogens is 152 g/mol. The van der Waals surface area contributed by atoms with E-state index in [-0.39, 0.29) is 11.6 Å². The van der Waals surface area contributed by atoms with Crippen molar-refractivity contribution in [2.45, 2.75) is 13.8 Å². The molecule has 0 bridgehead atoms. The molecular formula is C8H16N4. The highest BCUT2D eigenvalue weighted by Crippen LogP contribution is 2.04. The zero-order valence-corrected chi connectivity index (χ0v) is 7.46. The van der Waals surface area contributed by atoms with Crippen molar-refractivity contribution in [1.82, 2.24) is 0 Å². The lowest BCUT2D eigenvalue weighted by Crippen LogP contribution is -2.12. The molecule has 0 radical (unpaired) electrons. The molecule has 0 aromatic rings. The van der Waals surface area contributed by atoms with E-state index >= 15 is 0 Å². The van der Waals surface area contributed by atoms with E-state index in [1.165, 1.54) is 0 Å². The molecule has 0 aliphatic rings. The van der Waals surface area contributed by atoms with Crippen LogP contribution in [0, 0.1) is 11.3 Å². The average Bonchev–Trinajstić information content (AvgIpc) is 2.02. The maximum atomic E-state index is 6.83. The first-order valence-electron chi connectivity index (χ1n) is 3.71. The van der Waals surface area contributed by atoms with Crippen LogP contribution in [0.5, 0.6) is 0 Å². The van der Waals surface area contributed by atoms with Gasteiger partial charge in [0.2, 0.25) is 0 Å². The molecule has 0 rings (SSSR count). The molecule has 0 fully saturated rings. The Hall–Kier alpha value is -1.45. The van der Waals surface area contributed by atoms with Crippen LogP contribution in [0.1, 0.15) is 13.8 Å². The molecule has 7 N–H and O–H groups in total. The molecule has 0 aliphatic carbocycles. The average molecular weight is 168 g/mol. The van der Waals surface area contributed by atoms with Crippen LogP contribution in [-0.4, -0.2) is 6.21 Å². The van der Waals surface area contributed by atoms with Crippen LogP contribution >= 0.6 is 0 Å². The van der Waals surface area contributed by atoms with Crippen molar-refractivity contribution < 1.29 is 0 Å². The SMILES string of the molecule is CC(C)/C(N)=C/C(N)=C(\N)C=N. The van der Waals surface area contributed by atoms with Crippen LogP contribution in [0.2, 0.25) is 0 Å². The molecule has 4 heteroatoms. The minimum absolute atomic E-state index is 0.235. The summed E-state index contributed by atoms with van der Waals surface area (Å²) in [6.45, 7) is 3.92. The first-order chi connectivity index (χ1) is 5.49. The van der Waals surface area contributed by atoms with Crippen molar-refractivity contribution in [3.05, 3.63) is 23.2 Å². The van der Waals surface area contributed by atoms with Crippen molar-refractivity contribution in [2.75, 3.05) is 0 Å². The largest absolute Gasteiger partial charge is 0.402 e. The third-order valence-corrected chi connectivity index (χ3v) is 1.48. The predicted octanol–water partition coefficient (Wildman–Crippen LogP) is 0.264. The molecule has 0 aliphatic heterocycles. The minimum atomic E-state index is 0.235. The van der Waals surface area contributed by atoms with E-state index in [0.717, 1.165) is 6.21 Å². The van der Waals surface area contributed by atoms with Crippen LogP contribution < -0.4 is 17.2 Å². The van der Waals surface area contributed by atoms with Crippen LogP contribution in [0.15, 0.2) is 23.2 Å². The second-order valence-electron chi connectivity index (χ2n) is 2.85. The van der Waals surface area contributed by atoms with E-state index in [2.05, 4.69) is 0 Å². The maximum absolute atomic E-state index is 6.83. The lowest BCUT2D eigenvalue weighted by molar-refractivity contribution is 0.755. The number of allylic oxidation sites excluding steroid dienone is 3. The minimum Gasteiger partial charge on any atom is -0.402 e. The normalized spacial score (nSPS) is 14.4. The summed E-state index contributed by atoms with van der Waals surface area (Å²) in [5, 5.41) is 6.83. The molecule has 0 spiro atoms. The van der Waals surface area contributed by atoms with Crippen molar-refractivity contribution in [3.63, 3.8) is 0 Å². The third-order valence-electron chi connectivity index (χ3n) is 1.48. The smallest absolute Gasteiger partial charge is 0.0727 e. The van der Waals surface area contributed by atoms with Gasteiger partial charge in [0.15, 0.2) is 0 Å². The monoisotopic (exact) mass is 168 g/mol. The summed E-state index contributed by atoms with van der Waals surface area (Å²) in [5.41, 5.74) is 17.8. The van der Waals surface area contributed by atoms with Gasteiger partial charge in [0.1, 0.15) is 0 Å². The van der Waals surface area contributed by atoms with Gasteiger partial charge < -0.3 is 22.6 Å². The van der Waals surface area contributed by atoms with Gasteiger partial charge in [-0.05, 0) is 12.0 Å². The first kappa shape index (κ1) is 10.6. The van der Waals surface area contributed by atoms with E-state index in [4.69, 9.17) is 22.6 Å². The fourth-order valence-electron chi connectivity index (χ4n) is 0.513. The number of rotatable bonds is 3. The molecule has 68 valence electrons. The Balaban J connectivity index is 4.64. The summed E-state index contributed by atoms with van der Waals surface area (Å²) < 4.78 is 0. The molecule has 0 saturated carbocycles. The Morgan fingerprint density at radius 3 is 2.00 bits per heavy atom. The van der Waals surface area contributed by atoms with Gasteiger partial charge >= 0.3 is 0 Å². The summed E-state index contributed by atoms with van der Waals surface area (Å²) in [6, 6.07) is 0. The first-order valence-corrected chi connectivity index (χ1v) is 3.71. The van der Waals surface area contributed by atoms with Crippen molar-refractivity contribution in [2.24, 2.45) is 23.1 Å². The zero-order chi connectivity index (χ0) is 9.72. The van der Waals surface area contributed by atoms with Gasteiger partial charge in [0.05, 0.1) is 11.4 Å². The second-order valence-corrected chi connectivity index (χ2v) is 2.85. The fraction of sp³-hybridized carbons (Fsp3) is 0.375. The lowest BCUT2D eigenvalue weighted by atomic mass is 10.1. The Labute approximate surface area is 72.6 Å². The summed E-state index contributed by atoms with van der Waals surface area (Å²) in [5.74, 6) is 0.238.